The third-order valence-corrected chi connectivity index (χ3v) is 2.98. The fraction of sp³-hybridized carbons (Fsp3) is 0.364. The Hall–Kier alpha value is -0.800. The Morgan fingerprint density at radius 1 is 1.50 bits per heavy atom. The number of hydrogen-bond donors (Lipinski definition) is 1. The molecule has 0 atom stereocenters. The van der Waals surface area contributed by atoms with Gasteiger partial charge in [0.15, 0.2) is 5.78 Å². The van der Waals surface area contributed by atoms with E-state index in [0.717, 1.165) is 10.5 Å². The lowest BCUT2D eigenvalue weighted by Crippen LogP contribution is -2.08. The van der Waals surface area contributed by atoms with Gasteiger partial charge in [-0.1, -0.05) is 12.1 Å². The molecule has 0 amide bonds. The van der Waals surface area contributed by atoms with Gasteiger partial charge in [0.05, 0.1) is 0 Å². The summed E-state index contributed by atoms with van der Waals surface area (Å²) in [6.45, 7) is 2.46. The summed E-state index contributed by atoms with van der Waals surface area (Å²) in [5.74, 6) is 0.128. The van der Waals surface area contributed by atoms with Crippen LogP contribution >= 0.6 is 11.8 Å². The first kappa shape index (κ1) is 11.3. The van der Waals surface area contributed by atoms with E-state index >= 15 is 0 Å². The molecule has 1 aromatic rings. The van der Waals surface area contributed by atoms with Crippen molar-refractivity contribution in [2.75, 3.05) is 12.8 Å². The molecule has 0 aromatic heterocycles. The first-order chi connectivity index (χ1) is 6.69. The number of Topliss-reactive ketones (excluding diaryl/α,β-unsaturated/α-hetero) is 1. The molecule has 0 aliphatic carbocycles. The van der Waals surface area contributed by atoms with Gasteiger partial charge in [-0.05, 0) is 31.4 Å². The normalized spacial score (nSPS) is 10.2. The van der Waals surface area contributed by atoms with Crippen molar-refractivity contribution in [3.8, 4) is 0 Å². The maximum absolute atomic E-state index is 11.5. The smallest absolute Gasteiger partial charge is 0.164 e. The van der Waals surface area contributed by atoms with Crippen LogP contribution in [0.1, 0.15) is 22.3 Å². The van der Waals surface area contributed by atoms with Gasteiger partial charge >= 0.3 is 0 Å². The molecule has 14 heavy (non-hydrogen) atoms. The van der Waals surface area contributed by atoms with Crippen molar-refractivity contribution in [2.45, 2.75) is 18.2 Å². The standard InChI is InChI=1S/C11H15NOS/c1-8-3-4-9(7-11(8)14-2)10(13)5-6-12/h3-4,7H,5-6,12H2,1-2H3. The van der Waals surface area contributed by atoms with Gasteiger partial charge < -0.3 is 5.73 Å². The Morgan fingerprint density at radius 2 is 2.21 bits per heavy atom. The van der Waals surface area contributed by atoms with E-state index < -0.39 is 0 Å². The summed E-state index contributed by atoms with van der Waals surface area (Å²) in [7, 11) is 0. The maximum atomic E-state index is 11.5. The quantitative estimate of drug-likeness (QED) is 0.611. The topological polar surface area (TPSA) is 43.1 Å². The zero-order valence-corrected chi connectivity index (χ0v) is 9.36. The highest BCUT2D eigenvalue weighted by Gasteiger charge is 2.06. The molecule has 0 heterocycles. The third-order valence-electron chi connectivity index (χ3n) is 2.10. The van der Waals surface area contributed by atoms with Crippen LogP contribution in [0.4, 0.5) is 0 Å². The second kappa shape index (κ2) is 5.17. The SMILES string of the molecule is CSc1cc(C(=O)CCN)ccc1C. The van der Waals surface area contributed by atoms with Gasteiger partial charge in [0.2, 0.25) is 0 Å². The minimum atomic E-state index is 0.128. The Kier molecular flexibility index (Phi) is 4.17. The highest BCUT2D eigenvalue weighted by Crippen LogP contribution is 2.21. The fourth-order valence-corrected chi connectivity index (χ4v) is 1.90. The summed E-state index contributed by atoms with van der Waals surface area (Å²) in [5.41, 5.74) is 7.32. The molecular weight excluding hydrogens is 194 g/mol. The van der Waals surface area contributed by atoms with Crippen molar-refractivity contribution in [2.24, 2.45) is 5.73 Å². The van der Waals surface area contributed by atoms with E-state index in [2.05, 4.69) is 0 Å². The lowest BCUT2D eigenvalue weighted by molar-refractivity contribution is 0.0985. The first-order valence-corrected chi connectivity index (χ1v) is 5.79. The van der Waals surface area contributed by atoms with E-state index in [-0.39, 0.29) is 5.78 Å². The van der Waals surface area contributed by atoms with Gasteiger partial charge in [0.25, 0.3) is 0 Å². The highest BCUT2D eigenvalue weighted by atomic mass is 32.2. The molecule has 3 heteroatoms. The average Bonchev–Trinajstić information content (AvgIpc) is 2.19. The van der Waals surface area contributed by atoms with Crippen LogP contribution in [0.3, 0.4) is 0 Å². The number of carbonyl (C=O) groups excluding carboxylic acids is 1. The molecule has 2 N–H and O–H groups in total. The van der Waals surface area contributed by atoms with E-state index in [9.17, 15) is 4.79 Å². The second-order valence-corrected chi connectivity index (χ2v) is 3.99. The molecular formula is C11H15NOS. The van der Waals surface area contributed by atoms with E-state index in [1.165, 1.54) is 5.56 Å². The van der Waals surface area contributed by atoms with Gasteiger partial charge in [-0.25, -0.2) is 0 Å². The van der Waals surface area contributed by atoms with Gasteiger partial charge in [-0.15, -0.1) is 11.8 Å². The van der Waals surface area contributed by atoms with E-state index in [1.807, 2.05) is 31.4 Å². The van der Waals surface area contributed by atoms with Crippen molar-refractivity contribution in [1.82, 2.24) is 0 Å². The van der Waals surface area contributed by atoms with E-state index in [0.29, 0.717) is 13.0 Å². The highest BCUT2D eigenvalue weighted by molar-refractivity contribution is 7.98. The van der Waals surface area contributed by atoms with Crippen LogP contribution < -0.4 is 5.73 Å². The largest absolute Gasteiger partial charge is 0.330 e. The van der Waals surface area contributed by atoms with Crippen LogP contribution in [0.25, 0.3) is 0 Å². The number of carbonyl (C=O) groups is 1. The summed E-state index contributed by atoms with van der Waals surface area (Å²) >= 11 is 1.66. The molecule has 1 aromatic carbocycles. The molecule has 0 aliphatic rings. The van der Waals surface area contributed by atoms with Crippen LogP contribution in [0, 0.1) is 6.92 Å². The maximum Gasteiger partial charge on any atom is 0.164 e. The van der Waals surface area contributed by atoms with E-state index in [1.54, 1.807) is 11.8 Å². The lowest BCUT2D eigenvalue weighted by Gasteiger charge is -2.05. The number of nitrogens with two attached hydrogens (primary N) is 1. The molecule has 0 spiro atoms. The van der Waals surface area contributed by atoms with Gasteiger partial charge in [0, 0.05) is 16.9 Å². The zero-order chi connectivity index (χ0) is 10.6. The summed E-state index contributed by atoms with van der Waals surface area (Å²) in [5, 5.41) is 0. The summed E-state index contributed by atoms with van der Waals surface area (Å²) in [4.78, 5) is 12.7. The lowest BCUT2D eigenvalue weighted by atomic mass is 10.1. The number of hydrogen-bond acceptors (Lipinski definition) is 3. The molecule has 0 saturated carbocycles. The van der Waals surface area contributed by atoms with Gasteiger partial charge in [0.1, 0.15) is 0 Å². The van der Waals surface area contributed by atoms with Crippen LogP contribution in [0.5, 0.6) is 0 Å². The molecule has 1 rings (SSSR count). The Bertz CT molecular complexity index is 336. The van der Waals surface area contributed by atoms with Crippen LogP contribution in [0.15, 0.2) is 23.1 Å². The van der Waals surface area contributed by atoms with Gasteiger partial charge in [-0.2, -0.15) is 0 Å². The van der Waals surface area contributed by atoms with Gasteiger partial charge in [-0.3, -0.25) is 4.79 Å². The number of thioether (sulfide) groups is 1. The molecule has 2 nitrogen and oxygen atoms in total. The van der Waals surface area contributed by atoms with E-state index in [4.69, 9.17) is 5.73 Å². The molecule has 0 bridgehead atoms. The third kappa shape index (κ3) is 2.59. The second-order valence-electron chi connectivity index (χ2n) is 3.15. The minimum absolute atomic E-state index is 0.128. The number of rotatable bonds is 4. The summed E-state index contributed by atoms with van der Waals surface area (Å²) in [6, 6.07) is 5.79. The van der Waals surface area contributed by atoms with Crippen molar-refractivity contribution >= 4 is 17.5 Å². The number of ketones is 1. The fourth-order valence-electron chi connectivity index (χ4n) is 1.27. The number of benzene rings is 1. The Labute approximate surface area is 88.9 Å². The van der Waals surface area contributed by atoms with Crippen molar-refractivity contribution in [3.05, 3.63) is 29.3 Å². The molecule has 0 fully saturated rings. The molecule has 76 valence electrons. The van der Waals surface area contributed by atoms with Crippen LogP contribution in [0.2, 0.25) is 0 Å². The van der Waals surface area contributed by atoms with Crippen LogP contribution in [-0.4, -0.2) is 18.6 Å². The summed E-state index contributed by atoms with van der Waals surface area (Å²) < 4.78 is 0. The molecule has 0 saturated heterocycles. The van der Waals surface area contributed by atoms with Crippen molar-refractivity contribution in [3.63, 3.8) is 0 Å². The molecule has 0 radical (unpaired) electrons. The van der Waals surface area contributed by atoms with Crippen molar-refractivity contribution < 1.29 is 4.79 Å². The summed E-state index contributed by atoms with van der Waals surface area (Å²) in [6.07, 6.45) is 2.44. The monoisotopic (exact) mass is 209 g/mol. The first-order valence-electron chi connectivity index (χ1n) is 4.57. The predicted molar refractivity (Wildman–Crippen MR) is 61.0 cm³/mol. The Balaban J connectivity index is 2.94. The van der Waals surface area contributed by atoms with Crippen molar-refractivity contribution in [1.29, 1.82) is 0 Å². The number of aryl methyl sites for hydroxylation is 1. The Morgan fingerprint density at radius 3 is 2.79 bits per heavy atom. The van der Waals surface area contributed by atoms with Crippen LogP contribution in [-0.2, 0) is 0 Å². The minimum Gasteiger partial charge on any atom is -0.330 e. The average molecular weight is 209 g/mol. The predicted octanol–water partition coefficient (Wildman–Crippen LogP) is 2.25. The zero-order valence-electron chi connectivity index (χ0n) is 8.54. The molecule has 0 unspecified atom stereocenters. The molecule has 0 aliphatic heterocycles.